The summed E-state index contributed by atoms with van der Waals surface area (Å²) in [6.45, 7) is 4.20. The van der Waals surface area contributed by atoms with Gasteiger partial charge in [-0.05, 0) is 42.5 Å². The fourth-order valence-corrected chi connectivity index (χ4v) is 3.18. The monoisotopic (exact) mass is 412 g/mol. The van der Waals surface area contributed by atoms with E-state index >= 15 is 0 Å². The van der Waals surface area contributed by atoms with Gasteiger partial charge in [0.05, 0.1) is 5.92 Å². The minimum atomic E-state index is -0.455. The third-order valence-electron chi connectivity index (χ3n) is 4.43. The molecule has 2 aromatic carbocycles. The third kappa shape index (κ3) is 5.36. The summed E-state index contributed by atoms with van der Waals surface area (Å²) in [5, 5.41) is 8.64. The highest BCUT2D eigenvalue weighted by Gasteiger charge is 2.35. The van der Waals surface area contributed by atoms with E-state index in [0.29, 0.717) is 35.2 Å². The molecule has 3 rings (SSSR count). The molecule has 0 bridgehead atoms. The standard InChI is InChI=1S/C21H21ClN4O3/c1-2-10-23-21(29)25-17-8-6-16(7-9-17)24-20(28)14-11-19(27)26(13-14)18-5-3-4-15(22)12-18/h2-9,12,14H,1,10-11,13H2,(H,24,28)(H2,23,25,29). The van der Waals surface area contributed by atoms with Crippen LogP contribution in [0.5, 0.6) is 0 Å². The highest BCUT2D eigenvalue weighted by Crippen LogP contribution is 2.28. The van der Waals surface area contributed by atoms with Crippen LogP contribution in [0.3, 0.4) is 0 Å². The lowest BCUT2D eigenvalue weighted by atomic mass is 10.1. The second kappa shape index (κ2) is 9.25. The minimum absolute atomic E-state index is 0.113. The van der Waals surface area contributed by atoms with Crippen molar-refractivity contribution in [1.82, 2.24) is 5.32 Å². The molecule has 0 spiro atoms. The molecule has 1 aliphatic heterocycles. The van der Waals surface area contributed by atoms with E-state index in [9.17, 15) is 14.4 Å². The molecule has 1 saturated heterocycles. The molecule has 29 heavy (non-hydrogen) atoms. The highest BCUT2D eigenvalue weighted by atomic mass is 35.5. The maximum absolute atomic E-state index is 12.6. The van der Waals surface area contributed by atoms with Crippen LogP contribution in [0.25, 0.3) is 0 Å². The number of nitrogens with zero attached hydrogens (tertiary/aromatic N) is 1. The number of benzene rings is 2. The number of hydrogen-bond donors (Lipinski definition) is 3. The summed E-state index contributed by atoms with van der Waals surface area (Å²) in [6.07, 6.45) is 1.72. The Morgan fingerprint density at radius 3 is 2.48 bits per heavy atom. The number of carbonyl (C=O) groups excluding carboxylic acids is 3. The Kier molecular flexibility index (Phi) is 6.51. The summed E-state index contributed by atoms with van der Waals surface area (Å²) in [6, 6.07) is 13.4. The van der Waals surface area contributed by atoms with E-state index in [4.69, 9.17) is 11.6 Å². The largest absolute Gasteiger partial charge is 0.334 e. The Morgan fingerprint density at radius 1 is 1.14 bits per heavy atom. The van der Waals surface area contributed by atoms with Crippen molar-refractivity contribution in [2.75, 3.05) is 28.6 Å². The first-order valence-electron chi connectivity index (χ1n) is 9.09. The molecule has 3 N–H and O–H groups in total. The van der Waals surface area contributed by atoms with Crippen molar-refractivity contribution in [3.05, 3.63) is 66.2 Å². The Labute approximate surface area is 173 Å². The molecule has 2 aromatic rings. The quantitative estimate of drug-likeness (QED) is 0.632. The van der Waals surface area contributed by atoms with Crippen LogP contribution in [0.15, 0.2) is 61.2 Å². The number of nitrogens with one attached hydrogen (secondary N) is 3. The van der Waals surface area contributed by atoms with Gasteiger partial charge in [0.25, 0.3) is 0 Å². The van der Waals surface area contributed by atoms with E-state index in [0.717, 1.165) is 0 Å². The van der Waals surface area contributed by atoms with E-state index in [1.807, 2.05) is 0 Å². The number of amides is 4. The molecule has 0 radical (unpaired) electrons. The molecule has 1 aliphatic rings. The average molecular weight is 413 g/mol. The zero-order valence-corrected chi connectivity index (χ0v) is 16.4. The van der Waals surface area contributed by atoms with Crippen LogP contribution in [-0.2, 0) is 9.59 Å². The van der Waals surface area contributed by atoms with Gasteiger partial charge in [-0.3, -0.25) is 9.59 Å². The zero-order chi connectivity index (χ0) is 20.8. The first-order chi connectivity index (χ1) is 14.0. The molecular formula is C21H21ClN4O3. The van der Waals surface area contributed by atoms with E-state index in [1.54, 1.807) is 59.5 Å². The number of rotatable bonds is 6. The van der Waals surface area contributed by atoms with E-state index in [-0.39, 0.29) is 24.3 Å². The normalized spacial score (nSPS) is 15.7. The fraction of sp³-hybridized carbons (Fsp3) is 0.190. The van der Waals surface area contributed by atoms with Crippen LogP contribution in [0.1, 0.15) is 6.42 Å². The molecule has 4 amide bonds. The Morgan fingerprint density at radius 2 is 1.83 bits per heavy atom. The van der Waals surface area contributed by atoms with Gasteiger partial charge in [0, 0.05) is 41.6 Å². The second-order valence-corrected chi connectivity index (χ2v) is 7.01. The maximum atomic E-state index is 12.6. The number of halogens is 1. The van der Waals surface area contributed by atoms with Crippen molar-refractivity contribution in [2.45, 2.75) is 6.42 Å². The topological polar surface area (TPSA) is 90.5 Å². The maximum Gasteiger partial charge on any atom is 0.319 e. The number of hydrogen-bond acceptors (Lipinski definition) is 3. The Hall–Kier alpha value is -3.32. The third-order valence-corrected chi connectivity index (χ3v) is 4.67. The lowest BCUT2D eigenvalue weighted by Gasteiger charge is -2.17. The van der Waals surface area contributed by atoms with E-state index in [1.165, 1.54) is 0 Å². The van der Waals surface area contributed by atoms with Gasteiger partial charge in [0.15, 0.2) is 0 Å². The van der Waals surface area contributed by atoms with E-state index < -0.39 is 5.92 Å². The van der Waals surface area contributed by atoms with Crippen molar-refractivity contribution in [2.24, 2.45) is 5.92 Å². The second-order valence-electron chi connectivity index (χ2n) is 6.58. The van der Waals surface area contributed by atoms with Gasteiger partial charge in [0.1, 0.15) is 0 Å². The van der Waals surface area contributed by atoms with Crippen molar-refractivity contribution in [3.63, 3.8) is 0 Å². The minimum Gasteiger partial charge on any atom is -0.334 e. The van der Waals surface area contributed by atoms with Crippen LogP contribution in [0, 0.1) is 5.92 Å². The number of urea groups is 1. The van der Waals surface area contributed by atoms with Gasteiger partial charge < -0.3 is 20.9 Å². The smallest absolute Gasteiger partial charge is 0.319 e. The molecule has 1 fully saturated rings. The average Bonchev–Trinajstić information content (AvgIpc) is 3.10. The number of anilines is 3. The van der Waals surface area contributed by atoms with Gasteiger partial charge in [0.2, 0.25) is 11.8 Å². The molecule has 150 valence electrons. The van der Waals surface area contributed by atoms with Crippen LogP contribution in [0.2, 0.25) is 5.02 Å². The molecule has 1 heterocycles. The molecular weight excluding hydrogens is 392 g/mol. The SMILES string of the molecule is C=CCNC(=O)Nc1ccc(NC(=O)C2CC(=O)N(c3cccc(Cl)c3)C2)cc1. The summed E-state index contributed by atoms with van der Waals surface area (Å²) in [7, 11) is 0. The lowest BCUT2D eigenvalue weighted by Crippen LogP contribution is -2.28. The summed E-state index contributed by atoms with van der Waals surface area (Å²) in [4.78, 5) is 38.1. The first kappa shape index (κ1) is 20.4. The van der Waals surface area contributed by atoms with Gasteiger partial charge in [-0.2, -0.15) is 0 Å². The van der Waals surface area contributed by atoms with Gasteiger partial charge in [-0.15, -0.1) is 6.58 Å². The molecule has 0 saturated carbocycles. The summed E-state index contributed by atoms with van der Waals surface area (Å²) < 4.78 is 0. The Balaban J connectivity index is 1.57. The summed E-state index contributed by atoms with van der Waals surface area (Å²) in [5.74, 6) is -0.797. The summed E-state index contributed by atoms with van der Waals surface area (Å²) >= 11 is 5.99. The predicted molar refractivity (Wildman–Crippen MR) is 114 cm³/mol. The fourth-order valence-electron chi connectivity index (χ4n) is 3.00. The number of carbonyl (C=O) groups is 3. The van der Waals surface area contributed by atoms with Crippen LogP contribution >= 0.6 is 11.6 Å². The van der Waals surface area contributed by atoms with Crippen LogP contribution in [0.4, 0.5) is 21.9 Å². The molecule has 0 aliphatic carbocycles. The van der Waals surface area contributed by atoms with Crippen LogP contribution < -0.4 is 20.9 Å². The highest BCUT2D eigenvalue weighted by molar-refractivity contribution is 6.31. The van der Waals surface area contributed by atoms with Gasteiger partial charge in [-0.1, -0.05) is 23.7 Å². The molecule has 7 nitrogen and oxygen atoms in total. The predicted octanol–water partition coefficient (Wildman–Crippen LogP) is 3.64. The van der Waals surface area contributed by atoms with Gasteiger partial charge >= 0.3 is 6.03 Å². The zero-order valence-electron chi connectivity index (χ0n) is 15.7. The van der Waals surface area contributed by atoms with Crippen molar-refractivity contribution >= 4 is 46.5 Å². The van der Waals surface area contributed by atoms with E-state index in [2.05, 4.69) is 22.5 Å². The molecule has 0 aromatic heterocycles. The van der Waals surface area contributed by atoms with Gasteiger partial charge in [-0.25, -0.2) is 4.79 Å². The first-order valence-corrected chi connectivity index (χ1v) is 9.46. The van der Waals surface area contributed by atoms with Crippen molar-refractivity contribution < 1.29 is 14.4 Å². The van der Waals surface area contributed by atoms with Crippen LogP contribution in [-0.4, -0.2) is 30.9 Å². The molecule has 1 unspecified atom stereocenters. The summed E-state index contributed by atoms with van der Waals surface area (Å²) in [5.41, 5.74) is 1.86. The van der Waals surface area contributed by atoms with Crippen molar-refractivity contribution in [3.8, 4) is 0 Å². The lowest BCUT2D eigenvalue weighted by molar-refractivity contribution is -0.122. The van der Waals surface area contributed by atoms with Crippen molar-refractivity contribution in [1.29, 1.82) is 0 Å². The molecule has 8 heteroatoms. The molecule has 1 atom stereocenters. The Bertz CT molecular complexity index is 930.